The van der Waals surface area contributed by atoms with Crippen LogP contribution in [-0.4, -0.2) is 19.0 Å². The van der Waals surface area contributed by atoms with Gasteiger partial charge in [-0.3, -0.25) is 4.79 Å². The fourth-order valence-corrected chi connectivity index (χ4v) is 2.25. The number of hydrogen-bond acceptors (Lipinski definition) is 3. The standard InChI is InChI=1S/C12H15N3O/c1-15(8-2-3-8)11-6-10-7(4-9(11)13)5-12(16)14-10/h4,6,8H,2-3,5,13H2,1H3,(H,14,16). The Balaban J connectivity index is 2.00. The Morgan fingerprint density at radius 3 is 2.88 bits per heavy atom. The minimum atomic E-state index is 0.0561. The van der Waals surface area contributed by atoms with Crippen molar-refractivity contribution in [1.29, 1.82) is 0 Å². The number of hydrogen-bond donors (Lipinski definition) is 2. The average Bonchev–Trinajstić information content (AvgIpc) is 3.00. The molecule has 1 aliphatic carbocycles. The number of anilines is 3. The highest BCUT2D eigenvalue weighted by atomic mass is 16.1. The number of benzene rings is 1. The molecule has 0 aromatic heterocycles. The lowest BCUT2D eigenvalue weighted by Crippen LogP contribution is -2.20. The van der Waals surface area contributed by atoms with Gasteiger partial charge in [-0.2, -0.15) is 0 Å². The summed E-state index contributed by atoms with van der Waals surface area (Å²) in [6, 6.07) is 4.53. The lowest BCUT2D eigenvalue weighted by Gasteiger charge is -2.21. The lowest BCUT2D eigenvalue weighted by molar-refractivity contribution is -0.115. The van der Waals surface area contributed by atoms with E-state index < -0.39 is 0 Å². The fraction of sp³-hybridized carbons (Fsp3) is 0.417. The number of fused-ring (bicyclic) bond motifs is 1. The van der Waals surface area contributed by atoms with Crippen LogP contribution in [0, 0.1) is 0 Å². The number of carbonyl (C=O) groups is 1. The summed E-state index contributed by atoms with van der Waals surface area (Å²) in [7, 11) is 2.06. The second kappa shape index (κ2) is 3.14. The number of nitrogens with zero attached hydrogens (tertiary/aromatic N) is 1. The van der Waals surface area contributed by atoms with Gasteiger partial charge in [-0.05, 0) is 30.5 Å². The first-order valence-corrected chi connectivity index (χ1v) is 5.60. The smallest absolute Gasteiger partial charge is 0.228 e. The van der Waals surface area contributed by atoms with Gasteiger partial charge in [0.05, 0.1) is 17.8 Å². The van der Waals surface area contributed by atoms with Crippen LogP contribution in [0.2, 0.25) is 0 Å². The predicted octanol–water partition coefficient (Wildman–Crippen LogP) is 1.36. The Morgan fingerprint density at radius 2 is 2.19 bits per heavy atom. The van der Waals surface area contributed by atoms with E-state index in [4.69, 9.17) is 5.73 Å². The fourth-order valence-electron chi connectivity index (χ4n) is 2.25. The topological polar surface area (TPSA) is 58.4 Å². The van der Waals surface area contributed by atoms with Gasteiger partial charge in [0.1, 0.15) is 0 Å². The van der Waals surface area contributed by atoms with Crippen LogP contribution in [0.3, 0.4) is 0 Å². The van der Waals surface area contributed by atoms with Crippen LogP contribution in [0.1, 0.15) is 18.4 Å². The van der Waals surface area contributed by atoms with E-state index in [2.05, 4.69) is 17.3 Å². The molecule has 1 saturated carbocycles. The predicted molar refractivity (Wildman–Crippen MR) is 64.6 cm³/mol. The Hall–Kier alpha value is -1.71. The molecule has 1 aliphatic heterocycles. The Morgan fingerprint density at radius 1 is 1.44 bits per heavy atom. The molecule has 0 bridgehead atoms. The van der Waals surface area contributed by atoms with Crippen molar-refractivity contribution < 1.29 is 4.79 Å². The summed E-state index contributed by atoms with van der Waals surface area (Å²) in [5, 5.41) is 2.86. The van der Waals surface area contributed by atoms with Crippen molar-refractivity contribution in [2.75, 3.05) is 23.0 Å². The van der Waals surface area contributed by atoms with E-state index in [0.717, 1.165) is 22.6 Å². The summed E-state index contributed by atoms with van der Waals surface area (Å²) >= 11 is 0. The highest BCUT2D eigenvalue weighted by Gasteiger charge is 2.29. The minimum absolute atomic E-state index is 0.0561. The zero-order valence-electron chi connectivity index (χ0n) is 9.29. The minimum Gasteiger partial charge on any atom is -0.397 e. The second-order valence-electron chi connectivity index (χ2n) is 4.64. The quantitative estimate of drug-likeness (QED) is 0.735. The normalized spacial score (nSPS) is 18.2. The van der Waals surface area contributed by atoms with E-state index in [9.17, 15) is 4.79 Å². The summed E-state index contributed by atoms with van der Waals surface area (Å²) < 4.78 is 0. The van der Waals surface area contributed by atoms with E-state index in [1.54, 1.807) is 0 Å². The van der Waals surface area contributed by atoms with E-state index in [1.807, 2.05) is 12.1 Å². The van der Waals surface area contributed by atoms with Gasteiger partial charge >= 0.3 is 0 Å². The molecule has 4 heteroatoms. The first kappa shape index (κ1) is 9.51. The van der Waals surface area contributed by atoms with Crippen LogP contribution in [0.4, 0.5) is 17.1 Å². The average molecular weight is 217 g/mol. The number of nitrogens with two attached hydrogens (primary N) is 1. The van der Waals surface area contributed by atoms with Gasteiger partial charge in [0.2, 0.25) is 5.91 Å². The van der Waals surface area contributed by atoms with Crippen molar-refractivity contribution in [2.45, 2.75) is 25.3 Å². The third-order valence-electron chi connectivity index (χ3n) is 3.35. The van der Waals surface area contributed by atoms with Crippen molar-refractivity contribution in [3.05, 3.63) is 17.7 Å². The van der Waals surface area contributed by atoms with Crippen molar-refractivity contribution in [3.8, 4) is 0 Å². The molecule has 3 rings (SSSR count). The highest BCUT2D eigenvalue weighted by Crippen LogP contribution is 2.37. The summed E-state index contributed by atoms with van der Waals surface area (Å²) in [5.74, 6) is 0.0561. The molecule has 16 heavy (non-hydrogen) atoms. The molecular formula is C12H15N3O. The van der Waals surface area contributed by atoms with Crippen LogP contribution < -0.4 is 16.0 Å². The number of carbonyl (C=O) groups excluding carboxylic acids is 1. The summed E-state index contributed by atoms with van der Waals surface area (Å²) in [4.78, 5) is 13.5. The number of amides is 1. The van der Waals surface area contributed by atoms with Gasteiger partial charge < -0.3 is 16.0 Å². The SMILES string of the molecule is CN(c1cc2c(cc1N)CC(=O)N2)C1CC1. The van der Waals surface area contributed by atoms with E-state index in [-0.39, 0.29) is 5.91 Å². The van der Waals surface area contributed by atoms with Gasteiger partial charge in [-0.25, -0.2) is 0 Å². The first-order chi connectivity index (χ1) is 7.65. The van der Waals surface area contributed by atoms with Gasteiger partial charge in [0.25, 0.3) is 0 Å². The molecular weight excluding hydrogens is 202 g/mol. The molecule has 1 aromatic carbocycles. The van der Waals surface area contributed by atoms with Crippen molar-refractivity contribution >= 4 is 23.0 Å². The molecule has 0 spiro atoms. The Kier molecular flexibility index (Phi) is 1.87. The molecule has 0 atom stereocenters. The first-order valence-electron chi connectivity index (χ1n) is 5.60. The highest BCUT2D eigenvalue weighted by molar-refractivity contribution is 6.00. The molecule has 0 radical (unpaired) electrons. The van der Waals surface area contributed by atoms with Crippen molar-refractivity contribution in [2.24, 2.45) is 0 Å². The van der Waals surface area contributed by atoms with Gasteiger partial charge in [0, 0.05) is 18.8 Å². The molecule has 2 aliphatic rings. The summed E-state index contributed by atoms with van der Waals surface area (Å²) in [5.41, 5.74) is 9.75. The number of nitrogen functional groups attached to an aromatic ring is 1. The summed E-state index contributed by atoms with van der Waals surface area (Å²) in [6.45, 7) is 0. The molecule has 1 amide bonds. The number of nitrogens with one attached hydrogen (secondary N) is 1. The monoisotopic (exact) mass is 217 g/mol. The molecule has 3 N–H and O–H groups in total. The maximum Gasteiger partial charge on any atom is 0.228 e. The summed E-state index contributed by atoms with van der Waals surface area (Å²) in [6.07, 6.45) is 2.92. The lowest BCUT2D eigenvalue weighted by atomic mass is 10.1. The molecule has 1 aromatic rings. The molecule has 84 valence electrons. The molecule has 1 fully saturated rings. The zero-order chi connectivity index (χ0) is 11.3. The zero-order valence-corrected chi connectivity index (χ0v) is 9.29. The van der Waals surface area contributed by atoms with Crippen LogP contribution in [-0.2, 0) is 11.2 Å². The molecule has 4 nitrogen and oxygen atoms in total. The third kappa shape index (κ3) is 1.41. The van der Waals surface area contributed by atoms with E-state index >= 15 is 0 Å². The maximum absolute atomic E-state index is 11.3. The largest absolute Gasteiger partial charge is 0.397 e. The Labute approximate surface area is 94.4 Å². The number of rotatable bonds is 2. The van der Waals surface area contributed by atoms with Gasteiger partial charge in [0.15, 0.2) is 0 Å². The molecule has 0 saturated heterocycles. The Bertz CT molecular complexity index is 466. The van der Waals surface area contributed by atoms with Crippen molar-refractivity contribution in [3.63, 3.8) is 0 Å². The van der Waals surface area contributed by atoms with E-state index in [0.29, 0.717) is 12.5 Å². The van der Waals surface area contributed by atoms with Crippen molar-refractivity contribution in [1.82, 2.24) is 0 Å². The van der Waals surface area contributed by atoms with Gasteiger partial charge in [-0.1, -0.05) is 0 Å². The van der Waals surface area contributed by atoms with Crippen LogP contribution in [0.15, 0.2) is 12.1 Å². The van der Waals surface area contributed by atoms with Crippen LogP contribution in [0.5, 0.6) is 0 Å². The molecule has 1 heterocycles. The molecule has 0 unspecified atom stereocenters. The van der Waals surface area contributed by atoms with Gasteiger partial charge in [-0.15, -0.1) is 0 Å². The van der Waals surface area contributed by atoms with Crippen LogP contribution >= 0.6 is 0 Å². The van der Waals surface area contributed by atoms with Crippen LogP contribution in [0.25, 0.3) is 0 Å². The maximum atomic E-state index is 11.3. The second-order valence-corrected chi connectivity index (χ2v) is 4.64. The third-order valence-corrected chi connectivity index (χ3v) is 3.35. The van der Waals surface area contributed by atoms with E-state index in [1.165, 1.54) is 12.8 Å².